The number of nitrogens with one attached hydrogen (secondary N) is 1. The first-order valence-corrected chi connectivity index (χ1v) is 6.33. The molecule has 1 rings (SSSR count). The Kier molecular flexibility index (Phi) is 6.84. The van der Waals surface area contributed by atoms with E-state index in [0.29, 0.717) is 19.6 Å². The van der Waals surface area contributed by atoms with Crippen molar-refractivity contribution < 1.29 is 9.53 Å². The maximum atomic E-state index is 10.8. The highest BCUT2D eigenvalue weighted by Crippen LogP contribution is 2.11. The standard InChI is InChI=1S/C12H17BrN2O2/c13-11-6-4-10(5-7-11)9-17-8-2-1-3-12(16)15-14/h4-7H,1-3,8-9,14H2,(H,15,16). The first kappa shape index (κ1) is 14.2. The van der Waals surface area contributed by atoms with E-state index in [-0.39, 0.29) is 5.91 Å². The van der Waals surface area contributed by atoms with Crippen LogP contribution in [0.2, 0.25) is 0 Å². The molecule has 0 aromatic heterocycles. The number of hydrogen-bond donors (Lipinski definition) is 2. The molecule has 94 valence electrons. The molecular formula is C12H17BrN2O2. The van der Waals surface area contributed by atoms with Crippen LogP contribution in [-0.2, 0) is 16.1 Å². The Morgan fingerprint density at radius 2 is 2.00 bits per heavy atom. The molecule has 1 aromatic carbocycles. The molecular weight excluding hydrogens is 284 g/mol. The van der Waals surface area contributed by atoms with Crippen LogP contribution in [0, 0.1) is 0 Å². The molecule has 1 aromatic rings. The summed E-state index contributed by atoms with van der Waals surface area (Å²) in [6.45, 7) is 1.27. The minimum absolute atomic E-state index is 0.127. The number of carbonyl (C=O) groups is 1. The lowest BCUT2D eigenvalue weighted by Gasteiger charge is -2.04. The van der Waals surface area contributed by atoms with Crippen LogP contribution in [0.4, 0.5) is 0 Å². The minimum Gasteiger partial charge on any atom is -0.377 e. The van der Waals surface area contributed by atoms with Gasteiger partial charge in [-0.15, -0.1) is 0 Å². The fraction of sp³-hybridized carbons (Fsp3) is 0.417. The fourth-order valence-corrected chi connectivity index (χ4v) is 1.60. The molecule has 0 unspecified atom stereocenters. The number of ether oxygens (including phenoxy) is 1. The van der Waals surface area contributed by atoms with Crippen molar-refractivity contribution in [1.82, 2.24) is 5.43 Å². The van der Waals surface area contributed by atoms with Crippen molar-refractivity contribution in [2.24, 2.45) is 5.84 Å². The molecule has 0 fully saturated rings. The van der Waals surface area contributed by atoms with Gasteiger partial charge in [-0.3, -0.25) is 10.2 Å². The average Bonchev–Trinajstić information content (AvgIpc) is 2.35. The largest absolute Gasteiger partial charge is 0.377 e. The van der Waals surface area contributed by atoms with E-state index in [1.54, 1.807) is 0 Å². The van der Waals surface area contributed by atoms with E-state index >= 15 is 0 Å². The molecule has 0 bridgehead atoms. The zero-order valence-corrected chi connectivity index (χ0v) is 11.2. The topological polar surface area (TPSA) is 64.3 Å². The van der Waals surface area contributed by atoms with Gasteiger partial charge in [-0.1, -0.05) is 28.1 Å². The Balaban J connectivity index is 2.04. The van der Waals surface area contributed by atoms with Gasteiger partial charge in [-0.2, -0.15) is 0 Å². The number of hydrazine groups is 1. The lowest BCUT2D eigenvalue weighted by molar-refractivity contribution is -0.121. The molecule has 3 N–H and O–H groups in total. The number of amides is 1. The van der Waals surface area contributed by atoms with Crippen LogP contribution in [0.1, 0.15) is 24.8 Å². The lowest BCUT2D eigenvalue weighted by Crippen LogP contribution is -2.29. The van der Waals surface area contributed by atoms with Gasteiger partial charge >= 0.3 is 0 Å². The molecule has 0 atom stereocenters. The summed E-state index contributed by atoms with van der Waals surface area (Å²) in [6, 6.07) is 8.02. The Morgan fingerprint density at radius 1 is 1.29 bits per heavy atom. The van der Waals surface area contributed by atoms with Crippen LogP contribution in [0.25, 0.3) is 0 Å². The zero-order valence-electron chi connectivity index (χ0n) is 9.62. The summed E-state index contributed by atoms with van der Waals surface area (Å²) in [6.07, 6.45) is 2.12. The highest BCUT2D eigenvalue weighted by atomic mass is 79.9. The van der Waals surface area contributed by atoms with Crippen LogP contribution in [0.15, 0.2) is 28.7 Å². The Bertz CT molecular complexity index is 341. The number of carbonyl (C=O) groups excluding carboxylic acids is 1. The van der Waals surface area contributed by atoms with Gasteiger partial charge in [-0.25, -0.2) is 5.84 Å². The van der Waals surface area contributed by atoms with Gasteiger partial charge in [0.05, 0.1) is 6.61 Å². The molecule has 4 nitrogen and oxygen atoms in total. The second kappa shape index (κ2) is 8.22. The number of halogens is 1. The SMILES string of the molecule is NNC(=O)CCCCOCc1ccc(Br)cc1. The fourth-order valence-electron chi connectivity index (χ4n) is 1.33. The Morgan fingerprint density at radius 3 is 2.65 bits per heavy atom. The number of nitrogens with two attached hydrogens (primary N) is 1. The molecule has 17 heavy (non-hydrogen) atoms. The molecule has 1 amide bonds. The number of rotatable bonds is 7. The third-order valence-electron chi connectivity index (χ3n) is 2.29. The summed E-state index contributed by atoms with van der Waals surface area (Å²) in [5.41, 5.74) is 3.25. The molecule has 0 saturated heterocycles. The van der Waals surface area contributed by atoms with E-state index in [4.69, 9.17) is 10.6 Å². The summed E-state index contributed by atoms with van der Waals surface area (Å²) in [5.74, 6) is 4.84. The van der Waals surface area contributed by atoms with Crippen molar-refractivity contribution >= 4 is 21.8 Å². The van der Waals surface area contributed by atoms with E-state index in [1.807, 2.05) is 24.3 Å². The number of benzene rings is 1. The van der Waals surface area contributed by atoms with Crippen molar-refractivity contribution in [3.05, 3.63) is 34.3 Å². The van der Waals surface area contributed by atoms with Gasteiger partial charge in [0.25, 0.3) is 0 Å². The highest BCUT2D eigenvalue weighted by Gasteiger charge is 1.98. The van der Waals surface area contributed by atoms with Crippen LogP contribution in [-0.4, -0.2) is 12.5 Å². The predicted octanol–water partition coefficient (Wildman–Crippen LogP) is 2.13. The van der Waals surface area contributed by atoms with Crippen LogP contribution >= 0.6 is 15.9 Å². The minimum atomic E-state index is -0.127. The summed E-state index contributed by atoms with van der Waals surface area (Å²) >= 11 is 3.38. The molecule has 0 radical (unpaired) electrons. The maximum Gasteiger partial charge on any atom is 0.233 e. The Labute approximate surface area is 110 Å². The lowest BCUT2D eigenvalue weighted by atomic mass is 10.2. The summed E-state index contributed by atoms with van der Waals surface area (Å²) in [5, 5.41) is 0. The molecule has 0 heterocycles. The van der Waals surface area contributed by atoms with Crippen molar-refractivity contribution in [3.63, 3.8) is 0 Å². The highest BCUT2D eigenvalue weighted by molar-refractivity contribution is 9.10. The average molecular weight is 301 g/mol. The van der Waals surface area contributed by atoms with E-state index < -0.39 is 0 Å². The summed E-state index contributed by atoms with van der Waals surface area (Å²) in [7, 11) is 0. The van der Waals surface area contributed by atoms with Crippen LogP contribution < -0.4 is 11.3 Å². The van der Waals surface area contributed by atoms with Crippen molar-refractivity contribution in [3.8, 4) is 0 Å². The first-order chi connectivity index (χ1) is 8.22. The van der Waals surface area contributed by atoms with Crippen molar-refractivity contribution in [1.29, 1.82) is 0 Å². The van der Waals surface area contributed by atoms with E-state index in [2.05, 4.69) is 21.4 Å². The second-order valence-electron chi connectivity index (χ2n) is 3.70. The van der Waals surface area contributed by atoms with Gasteiger partial charge in [0.15, 0.2) is 0 Å². The summed E-state index contributed by atoms with van der Waals surface area (Å²) in [4.78, 5) is 10.8. The van der Waals surface area contributed by atoms with Crippen molar-refractivity contribution in [2.75, 3.05) is 6.61 Å². The molecule has 0 aliphatic rings. The zero-order chi connectivity index (χ0) is 12.5. The van der Waals surface area contributed by atoms with Crippen molar-refractivity contribution in [2.45, 2.75) is 25.9 Å². The van der Waals surface area contributed by atoms with Gasteiger partial charge in [0, 0.05) is 17.5 Å². The second-order valence-corrected chi connectivity index (χ2v) is 4.62. The Hall–Kier alpha value is -0.910. The molecule has 0 aliphatic heterocycles. The monoisotopic (exact) mass is 300 g/mol. The van der Waals surface area contributed by atoms with Gasteiger partial charge in [-0.05, 0) is 30.5 Å². The maximum absolute atomic E-state index is 10.8. The third-order valence-corrected chi connectivity index (χ3v) is 2.81. The van der Waals surface area contributed by atoms with E-state index in [9.17, 15) is 4.79 Å². The normalized spacial score (nSPS) is 10.2. The smallest absolute Gasteiger partial charge is 0.233 e. The van der Waals surface area contributed by atoms with E-state index in [1.165, 1.54) is 0 Å². The van der Waals surface area contributed by atoms with Crippen LogP contribution in [0.3, 0.4) is 0 Å². The van der Waals surface area contributed by atoms with Gasteiger partial charge in [0.1, 0.15) is 0 Å². The number of hydrogen-bond acceptors (Lipinski definition) is 3. The van der Waals surface area contributed by atoms with Gasteiger partial charge < -0.3 is 4.74 Å². The first-order valence-electron chi connectivity index (χ1n) is 5.54. The number of unbranched alkanes of at least 4 members (excludes halogenated alkanes) is 1. The predicted molar refractivity (Wildman–Crippen MR) is 70.0 cm³/mol. The third kappa shape index (κ3) is 6.41. The van der Waals surface area contributed by atoms with Gasteiger partial charge in [0.2, 0.25) is 5.91 Å². The quantitative estimate of drug-likeness (QED) is 0.351. The molecule has 0 spiro atoms. The summed E-state index contributed by atoms with van der Waals surface area (Å²) < 4.78 is 6.56. The molecule has 0 aliphatic carbocycles. The van der Waals surface area contributed by atoms with Crippen LogP contribution in [0.5, 0.6) is 0 Å². The van der Waals surface area contributed by atoms with E-state index in [0.717, 1.165) is 22.9 Å². The molecule has 0 saturated carbocycles. The molecule has 5 heteroatoms.